The average molecular weight is 514 g/mol. The Hall–Kier alpha value is -0.123. The number of allylic oxidation sites excluding steroid dienone is 5. The normalized spacial score (nSPS) is 11.1. The summed E-state index contributed by atoms with van der Waals surface area (Å²) in [5.74, 6) is 0.647. The van der Waals surface area contributed by atoms with E-state index >= 15 is 0 Å². The molecular formula is C10H10OW2. The second kappa shape index (κ2) is 9.96. The summed E-state index contributed by atoms with van der Waals surface area (Å²) in [6.07, 6.45) is 11.1. The fraction of sp³-hybridized carbons (Fsp3) is 0. The zero-order valence-electron chi connectivity index (χ0n) is 7.05. The van der Waals surface area contributed by atoms with Gasteiger partial charge in [0.2, 0.25) is 0 Å². The van der Waals surface area contributed by atoms with Crippen molar-refractivity contribution in [3.05, 3.63) is 49.0 Å². The monoisotopic (exact) mass is 514 g/mol. The fourth-order valence-corrected chi connectivity index (χ4v) is 1.08. The van der Waals surface area contributed by atoms with Gasteiger partial charge < -0.3 is 0 Å². The van der Waals surface area contributed by atoms with Gasteiger partial charge in [0, 0.05) is 0 Å². The van der Waals surface area contributed by atoms with Gasteiger partial charge in [-0.3, -0.25) is 0 Å². The molecule has 0 fully saturated rings. The predicted octanol–water partition coefficient (Wildman–Crippen LogP) is 1.84. The van der Waals surface area contributed by atoms with Gasteiger partial charge in [-0.05, 0) is 0 Å². The quantitative estimate of drug-likeness (QED) is 0.389. The van der Waals surface area contributed by atoms with Gasteiger partial charge in [0.25, 0.3) is 0 Å². The topological polar surface area (TPSA) is 9.23 Å². The molecule has 0 aromatic carbocycles. The number of ether oxygens (including phenoxy) is 1. The molecule has 0 heterocycles. The molecule has 0 unspecified atom stereocenters. The van der Waals surface area contributed by atoms with Crippen molar-refractivity contribution in [1.82, 2.24) is 0 Å². The van der Waals surface area contributed by atoms with E-state index in [0.717, 1.165) is 0 Å². The molecule has 1 nitrogen and oxygen atoms in total. The van der Waals surface area contributed by atoms with E-state index < -0.39 is 0 Å². The molecule has 0 aromatic rings. The molecular weight excluding hydrogens is 504 g/mol. The van der Waals surface area contributed by atoms with E-state index in [9.17, 15) is 0 Å². The van der Waals surface area contributed by atoms with E-state index in [0.29, 0.717) is 5.76 Å². The maximum absolute atomic E-state index is 5.16. The Morgan fingerprint density at radius 3 is 2.31 bits per heavy atom. The van der Waals surface area contributed by atoms with Gasteiger partial charge in [-0.1, -0.05) is 0 Å². The Kier molecular flexibility index (Phi) is 9.87. The minimum atomic E-state index is 0.647. The first kappa shape index (κ1) is 12.9. The predicted molar refractivity (Wildman–Crippen MR) is 49.8 cm³/mol. The summed E-state index contributed by atoms with van der Waals surface area (Å²) in [6, 6.07) is 0. The molecule has 0 bridgehead atoms. The standard InChI is InChI=1S/C10H10O.2W/c1-4-6-7-9-11-10(3)8-5-2;;/h1-2,4-9H,3H2;;/b6-4-,8-5-,9-7?;;. The molecule has 3 heteroatoms. The zero-order chi connectivity index (χ0) is 9.94. The zero-order valence-corrected chi connectivity index (χ0v) is 12.9. The molecule has 0 aliphatic rings. The van der Waals surface area contributed by atoms with E-state index in [4.69, 9.17) is 4.74 Å². The third-order valence-corrected chi connectivity index (χ3v) is 2.09. The molecule has 0 amide bonds. The number of rotatable bonds is 6. The molecule has 13 heavy (non-hydrogen) atoms. The van der Waals surface area contributed by atoms with Crippen molar-refractivity contribution in [1.29, 1.82) is 0 Å². The number of hydrogen-bond donors (Lipinski definition) is 0. The average Bonchev–Trinajstić information content (AvgIpc) is 2.14. The van der Waals surface area contributed by atoms with Crippen molar-refractivity contribution in [2.24, 2.45) is 0 Å². The van der Waals surface area contributed by atoms with Crippen molar-refractivity contribution in [3.63, 3.8) is 0 Å². The summed E-state index contributed by atoms with van der Waals surface area (Å²) in [5.41, 5.74) is 0. The first-order chi connectivity index (χ1) is 6.31. The van der Waals surface area contributed by atoms with Crippen LogP contribution in [0.2, 0.25) is 0 Å². The summed E-state index contributed by atoms with van der Waals surface area (Å²) in [4.78, 5) is 0. The van der Waals surface area contributed by atoms with Crippen LogP contribution in [0.25, 0.3) is 0 Å². The van der Waals surface area contributed by atoms with Crippen LogP contribution < -0.4 is 0 Å². The van der Waals surface area contributed by atoms with Crippen molar-refractivity contribution >= 4 is 8.80 Å². The summed E-state index contributed by atoms with van der Waals surface area (Å²) in [5, 5.41) is 0. The van der Waals surface area contributed by atoms with Gasteiger partial charge >= 0.3 is 101 Å². The Labute approximate surface area is 101 Å². The maximum atomic E-state index is 5.16. The van der Waals surface area contributed by atoms with Crippen LogP contribution in [0.1, 0.15) is 0 Å². The molecule has 0 spiro atoms. The van der Waals surface area contributed by atoms with Gasteiger partial charge in [0.15, 0.2) is 0 Å². The van der Waals surface area contributed by atoms with Crippen LogP contribution in [0, 0.1) is 0 Å². The molecule has 0 saturated carbocycles. The summed E-state index contributed by atoms with van der Waals surface area (Å²) >= 11 is 2.85. The number of hydrogen-bond acceptors (Lipinski definition) is 1. The molecule has 0 saturated heterocycles. The van der Waals surface area contributed by atoms with Crippen LogP contribution in [0.5, 0.6) is 0 Å². The van der Waals surface area contributed by atoms with Crippen molar-refractivity contribution in [2.75, 3.05) is 0 Å². The van der Waals surface area contributed by atoms with Gasteiger partial charge in [0.05, 0.1) is 0 Å². The van der Waals surface area contributed by atoms with Crippen LogP contribution >= 0.6 is 0 Å². The molecule has 0 rings (SSSR count). The summed E-state index contributed by atoms with van der Waals surface area (Å²) in [7, 11) is 0. The van der Waals surface area contributed by atoms with Gasteiger partial charge in [-0.15, -0.1) is 0 Å². The summed E-state index contributed by atoms with van der Waals surface area (Å²) < 4.78 is 9.20. The van der Waals surface area contributed by atoms with Crippen LogP contribution in [0.15, 0.2) is 49.0 Å². The second-order valence-electron chi connectivity index (χ2n) is 1.93. The molecule has 0 N–H and O–H groups in total. The third-order valence-electron chi connectivity index (χ3n) is 0.959. The molecule has 0 radical (unpaired) electrons. The first-order valence-corrected chi connectivity index (χ1v) is 6.94. The Balaban J connectivity index is 3.75. The van der Waals surface area contributed by atoms with Gasteiger partial charge in [-0.25, -0.2) is 0 Å². The van der Waals surface area contributed by atoms with Gasteiger partial charge in [-0.2, -0.15) is 0 Å². The molecule has 0 aliphatic carbocycles. The van der Waals surface area contributed by atoms with E-state index in [1.807, 2.05) is 39.2 Å². The molecule has 0 aliphatic heterocycles. The first-order valence-electron chi connectivity index (χ1n) is 3.55. The molecule has 68 valence electrons. The van der Waals surface area contributed by atoms with Gasteiger partial charge in [0.1, 0.15) is 0 Å². The van der Waals surface area contributed by atoms with Crippen LogP contribution in [0.4, 0.5) is 0 Å². The SMILES string of the molecule is C=C(/C=C\[CH]=[W])OC=C/C=C\[CH]=[W]. The Morgan fingerprint density at radius 2 is 1.69 bits per heavy atom. The van der Waals surface area contributed by atoms with E-state index in [-0.39, 0.29) is 0 Å². The van der Waals surface area contributed by atoms with Crippen LogP contribution in [-0.4, -0.2) is 8.80 Å². The van der Waals surface area contributed by atoms with Crippen molar-refractivity contribution < 1.29 is 43.4 Å². The van der Waals surface area contributed by atoms with E-state index in [1.165, 1.54) is 38.7 Å². The van der Waals surface area contributed by atoms with E-state index in [2.05, 4.69) is 6.58 Å². The van der Waals surface area contributed by atoms with Crippen molar-refractivity contribution in [3.8, 4) is 0 Å². The Bertz CT molecular complexity index is 262. The second-order valence-corrected chi connectivity index (χ2v) is 3.88. The van der Waals surface area contributed by atoms with Crippen LogP contribution in [-0.2, 0) is 43.4 Å². The fourth-order valence-electron chi connectivity index (χ4n) is 0.467. The van der Waals surface area contributed by atoms with E-state index in [1.54, 1.807) is 6.26 Å². The summed E-state index contributed by atoms with van der Waals surface area (Å²) in [6.45, 7) is 3.71. The molecule has 0 atom stereocenters. The molecule has 0 aromatic heterocycles. The Morgan fingerprint density at radius 1 is 1.00 bits per heavy atom. The third kappa shape index (κ3) is 9.79. The minimum absolute atomic E-state index is 0.647. The van der Waals surface area contributed by atoms with Crippen molar-refractivity contribution in [2.45, 2.75) is 0 Å². The van der Waals surface area contributed by atoms with Crippen LogP contribution in [0.3, 0.4) is 0 Å².